The van der Waals surface area contributed by atoms with E-state index in [4.69, 9.17) is 4.42 Å². The number of rotatable bonds is 2. The number of fused-ring (bicyclic) bond motifs is 1. The van der Waals surface area contributed by atoms with Gasteiger partial charge in [-0.2, -0.15) is 13.2 Å². The summed E-state index contributed by atoms with van der Waals surface area (Å²) in [6, 6.07) is 0. The molecule has 1 amide bonds. The topological polar surface area (TPSA) is 79.2 Å². The Labute approximate surface area is 152 Å². The predicted octanol–water partition coefficient (Wildman–Crippen LogP) is 3.56. The van der Waals surface area contributed by atoms with Gasteiger partial charge in [0.2, 0.25) is 0 Å². The van der Waals surface area contributed by atoms with Gasteiger partial charge in [-0.1, -0.05) is 0 Å². The summed E-state index contributed by atoms with van der Waals surface area (Å²) in [5.74, 6) is 0.0525. The summed E-state index contributed by atoms with van der Waals surface area (Å²) in [5, 5.41) is 0. The fourth-order valence-corrected chi connectivity index (χ4v) is 3.82. The number of Topliss-reactive ketones (excluding diaryl/α,β-unsaturated/α-hetero) is 1. The molecule has 6 nitrogen and oxygen atoms in total. The highest BCUT2D eigenvalue weighted by molar-refractivity contribution is 6.09. The molecule has 1 saturated heterocycles. The summed E-state index contributed by atoms with van der Waals surface area (Å²) in [7, 11) is 0. The molecule has 1 atom stereocenters. The molecule has 0 bridgehead atoms. The molecule has 2 aromatic rings. The van der Waals surface area contributed by atoms with Gasteiger partial charge < -0.3 is 14.3 Å². The lowest BCUT2D eigenvalue weighted by Gasteiger charge is -2.32. The number of hydrogen-bond donors (Lipinski definition) is 1. The largest absolute Gasteiger partial charge is 0.468 e. The van der Waals surface area contributed by atoms with Crippen LogP contribution in [0.5, 0.6) is 0 Å². The molecule has 1 fully saturated rings. The number of aromatic amines is 1. The number of aromatic nitrogens is 2. The molecule has 1 aliphatic carbocycles. The monoisotopic (exact) mass is 381 g/mol. The van der Waals surface area contributed by atoms with E-state index in [-0.39, 0.29) is 35.5 Å². The van der Waals surface area contributed by atoms with Crippen LogP contribution in [0.15, 0.2) is 16.9 Å². The number of alkyl halides is 3. The third-order valence-electron chi connectivity index (χ3n) is 5.18. The molecule has 1 unspecified atom stereocenters. The second-order valence-electron chi connectivity index (χ2n) is 6.99. The third-order valence-corrected chi connectivity index (χ3v) is 5.18. The van der Waals surface area contributed by atoms with E-state index < -0.39 is 11.9 Å². The lowest BCUT2D eigenvalue weighted by molar-refractivity contribution is -0.141. The summed E-state index contributed by atoms with van der Waals surface area (Å²) in [4.78, 5) is 32.9. The van der Waals surface area contributed by atoms with Crippen molar-refractivity contribution in [1.29, 1.82) is 0 Å². The van der Waals surface area contributed by atoms with Gasteiger partial charge in [0, 0.05) is 31.8 Å². The highest BCUT2D eigenvalue weighted by Crippen LogP contribution is 2.32. The number of halogens is 3. The fraction of sp³-hybridized carbons (Fsp3) is 0.500. The molecule has 0 spiro atoms. The Morgan fingerprint density at radius 2 is 2.11 bits per heavy atom. The lowest BCUT2D eigenvalue weighted by Crippen LogP contribution is -2.39. The molecule has 9 heteroatoms. The molecule has 3 heterocycles. The van der Waals surface area contributed by atoms with Crippen molar-refractivity contribution in [2.45, 2.75) is 44.2 Å². The van der Waals surface area contributed by atoms with Crippen molar-refractivity contribution in [1.82, 2.24) is 14.9 Å². The second-order valence-corrected chi connectivity index (χ2v) is 6.99. The lowest BCUT2D eigenvalue weighted by atomic mass is 9.92. The van der Waals surface area contributed by atoms with Gasteiger partial charge in [-0.05, 0) is 19.3 Å². The molecule has 27 heavy (non-hydrogen) atoms. The molecule has 2 aliphatic rings. The van der Waals surface area contributed by atoms with Crippen LogP contribution >= 0.6 is 0 Å². The highest BCUT2D eigenvalue weighted by atomic mass is 19.4. The number of hydrogen-bond acceptors (Lipinski definition) is 4. The summed E-state index contributed by atoms with van der Waals surface area (Å²) < 4.78 is 43.7. The number of ketones is 1. The molecule has 1 N–H and O–H groups in total. The van der Waals surface area contributed by atoms with Gasteiger partial charge in [0.1, 0.15) is 23.5 Å². The molecule has 0 radical (unpaired) electrons. The van der Waals surface area contributed by atoms with Crippen LogP contribution in [0.25, 0.3) is 0 Å². The average molecular weight is 381 g/mol. The van der Waals surface area contributed by atoms with E-state index in [9.17, 15) is 22.8 Å². The van der Waals surface area contributed by atoms with Gasteiger partial charge in [0.15, 0.2) is 5.78 Å². The Kier molecular flexibility index (Phi) is 4.32. The van der Waals surface area contributed by atoms with Crippen molar-refractivity contribution in [2.24, 2.45) is 0 Å². The Bertz CT molecular complexity index is 884. The van der Waals surface area contributed by atoms with Crippen LogP contribution in [-0.2, 0) is 12.6 Å². The maximum atomic E-state index is 12.9. The van der Waals surface area contributed by atoms with Crippen molar-refractivity contribution >= 4 is 11.7 Å². The number of aryl methyl sites for hydroxylation is 1. The minimum Gasteiger partial charge on any atom is -0.468 e. The Morgan fingerprint density at radius 3 is 2.85 bits per heavy atom. The number of imidazole rings is 1. The molecule has 4 rings (SSSR count). The zero-order valence-electron chi connectivity index (χ0n) is 14.4. The van der Waals surface area contributed by atoms with Gasteiger partial charge in [-0.15, -0.1) is 0 Å². The number of likely N-dealkylation sites (tertiary alicyclic amines) is 1. The van der Waals surface area contributed by atoms with E-state index >= 15 is 0 Å². The third kappa shape index (κ3) is 3.26. The fourth-order valence-electron chi connectivity index (χ4n) is 3.82. The maximum absolute atomic E-state index is 12.9. The zero-order valence-corrected chi connectivity index (χ0v) is 14.4. The number of furan rings is 1. The van der Waals surface area contributed by atoms with E-state index in [0.717, 1.165) is 6.20 Å². The second kappa shape index (κ2) is 6.54. The first-order chi connectivity index (χ1) is 12.8. The van der Waals surface area contributed by atoms with Gasteiger partial charge in [0.25, 0.3) is 5.91 Å². The normalized spacial score (nSPS) is 20.6. The van der Waals surface area contributed by atoms with E-state index in [0.29, 0.717) is 50.0 Å². The SMILES string of the molecule is O=C1CCCc2occ(C(=O)N3CCCC(c4ncc(C(F)(F)F)[nH]4)C3)c21. The van der Waals surface area contributed by atoms with Crippen LogP contribution in [0.2, 0.25) is 0 Å². The van der Waals surface area contributed by atoms with Crippen LogP contribution in [0.1, 0.15) is 69.6 Å². The molecule has 144 valence electrons. The predicted molar refractivity (Wildman–Crippen MR) is 87.4 cm³/mol. The van der Waals surface area contributed by atoms with Crippen LogP contribution in [0, 0.1) is 0 Å². The molecule has 1 aliphatic heterocycles. The molecular formula is C18H18F3N3O3. The summed E-state index contributed by atoms with van der Waals surface area (Å²) >= 11 is 0. The first-order valence-corrected chi connectivity index (χ1v) is 8.89. The standard InChI is InChI=1S/C18H18F3N3O3/c19-18(20,21)14-7-22-16(23-14)10-3-2-6-24(8-10)17(26)11-9-27-13-5-1-4-12(25)15(11)13/h7,9-10H,1-6,8H2,(H,22,23). The number of nitrogens with zero attached hydrogens (tertiary/aromatic N) is 2. The smallest absolute Gasteiger partial charge is 0.432 e. The van der Waals surface area contributed by atoms with E-state index in [1.807, 2.05) is 0 Å². The van der Waals surface area contributed by atoms with Crippen LogP contribution in [0.3, 0.4) is 0 Å². The minimum absolute atomic E-state index is 0.0947. The number of piperidine rings is 1. The van der Waals surface area contributed by atoms with Crippen molar-refractivity contribution in [2.75, 3.05) is 13.1 Å². The first kappa shape index (κ1) is 17.8. The van der Waals surface area contributed by atoms with Crippen molar-refractivity contribution in [3.8, 4) is 0 Å². The van der Waals surface area contributed by atoms with E-state index in [2.05, 4.69) is 9.97 Å². The first-order valence-electron chi connectivity index (χ1n) is 8.89. The maximum Gasteiger partial charge on any atom is 0.432 e. The Balaban J connectivity index is 1.54. The molecule has 2 aromatic heterocycles. The molecule has 0 aromatic carbocycles. The Morgan fingerprint density at radius 1 is 1.30 bits per heavy atom. The molecular weight excluding hydrogens is 363 g/mol. The highest BCUT2D eigenvalue weighted by Gasteiger charge is 2.36. The number of carbonyl (C=O) groups excluding carboxylic acids is 2. The summed E-state index contributed by atoms with van der Waals surface area (Å²) in [6.07, 6.45) is 0.634. The van der Waals surface area contributed by atoms with Crippen LogP contribution in [0.4, 0.5) is 13.2 Å². The van der Waals surface area contributed by atoms with Crippen molar-refractivity contribution in [3.05, 3.63) is 40.9 Å². The number of amides is 1. The van der Waals surface area contributed by atoms with Gasteiger partial charge in [-0.3, -0.25) is 9.59 Å². The molecule has 0 saturated carbocycles. The number of carbonyl (C=O) groups is 2. The van der Waals surface area contributed by atoms with Gasteiger partial charge in [-0.25, -0.2) is 4.98 Å². The van der Waals surface area contributed by atoms with Crippen LogP contribution < -0.4 is 0 Å². The van der Waals surface area contributed by atoms with E-state index in [1.54, 1.807) is 4.90 Å². The summed E-state index contributed by atoms with van der Waals surface area (Å²) in [5.41, 5.74) is -0.271. The minimum atomic E-state index is -4.48. The number of nitrogens with one attached hydrogen (secondary N) is 1. The zero-order chi connectivity index (χ0) is 19.2. The number of H-pyrrole nitrogens is 1. The van der Waals surface area contributed by atoms with Crippen LogP contribution in [-0.4, -0.2) is 39.6 Å². The van der Waals surface area contributed by atoms with Crippen molar-refractivity contribution in [3.63, 3.8) is 0 Å². The van der Waals surface area contributed by atoms with Gasteiger partial charge >= 0.3 is 6.18 Å². The quantitative estimate of drug-likeness (QED) is 0.863. The summed E-state index contributed by atoms with van der Waals surface area (Å²) in [6.45, 7) is 0.730. The Hall–Kier alpha value is -2.58. The van der Waals surface area contributed by atoms with Gasteiger partial charge in [0.05, 0.1) is 17.3 Å². The van der Waals surface area contributed by atoms with Crippen molar-refractivity contribution < 1.29 is 27.2 Å². The van der Waals surface area contributed by atoms with E-state index in [1.165, 1.54) is 6.26 Å². The average Bonchev–Trinajstić information content (AvgIpc) is 3.29.